The molecular formula is C23H18N2O5. The number of nitrogens with one attached hydrogen (secondary N) is 1. The van der Waals surface area contributed by atoms with E-state index < -0.39 is 0 Å². The predicted octanol–water partition coefficient (Wildman–Crippen LogP) is 4.53. The number of oxazole rings is 1. The topological polar surface area (TPSA) is 93.8 Å². The summed E-state index contributed by atoms with van der Waals surface area (Å²) in [5.41, 5.74) is 3.72. The van der Waals surface area contributed by atoms with Gasteiger partial charge in [0.25, 0.3) is 5.91 Å². The number of rotatable bonds is 3. The van der Waals surface area contributed by atoms with Crippen LogP contribution in [0.2, 0.25) is 0 Å². The van der Waals surface area contributed by atoms with Crippen LogP contribution in [0.25, 0.3) is 22.6 Å². The van der Waals surface area contributed by atoms with Crippen molar-refractivity contribution in [2.45, 2.75) is 6.92 Å². The lowest BCUT2D eigenvalue weighted by atomic mass is 10.1. The van der Waals surface area contributed by atoms with Gasteiger partial charge in [-0.1, -0.05) is 6.07 Å². The molecule has 30 heavy (non-hydrogen) atoms. The molecule has 2 heterocycles. The molecule has 0 atom stereocenters. The zero-order valence-electron chi connectivity index (χ0n) is 16.1. The van der Waals surface area contributed by atoms with Gasteiger partial charge in [-0.05, 0) is 61.0 Å². The van der Waals surface area contributed by atoms with E-state index in [0.29, 0.717) is 52.6 Å². The van der Waals surface area contributed by atoms with Crippen molar-refractivity contribution in [3.8, 4) is 28.7 Å². The van der Waals surface area contributed by atoms with Gasteiger partial charge in [-0.3, -0.25) is 4.79 Å². The van der Waals surface area contributed by atoms with Crippen molar-refractivity contribution in [1.82, 2.24) is 4.98 Å². The minimum Gasteiger partial charge on any atom is -0.507 e. The van der Waals surface area contributed by atoms with Gasteiger partial charge in [-0.2, -0.15) is 0 Å². The van der Waals surface area contributed by atoms with E-state index in [-0.39, 0.29) is 17.5 Å². The lowest BCUT2D eigenvalue weighted by molar-refractivity contribution is 0.102. The first-order valence-electron chi connectivity index (χ1n) is 9.48. The average molecular weight is 402 g/mol. The number of aromatic nitrogens is 1. The van der Waals surface area contributed by atoms with E-state index in [4.69, 9.17) is 13.9 Å². The molecule has 1 amide bonds. The quantitative estimate of drug-likeness (QED) is 0.489. The first-order valence-corrected chi connectivity index (χ1v) is 9.48. The van der Waals surface area contributed by atoms with Crippen LogP contribution < -0.4 is 14.8 Å². The van der Waals surface area contributed by atoms with E-state index >= 15 is 0 Å². The van der Waals surface area contributed by atoms with E-state index in [2.05, 4.69) is 10.3 Å². The number of aromatic hydroxyl groups is 1. The van der Waals surface area contributed by atoms with Crippen molar-refractivity contribution in [2.75, 3.05) is 18.5 Å². The summed E-state index contributed by atoms with van der Waals surface area (Å²) in [5.74, 6) is 1.15. The van der Waals surface area contributed by atoms with E-state index in [1.807, 2.05) is 25.1 Å². The number of anilines is 1. The van der Waals surface area contributed by atoms with Crippen LogP contribution in [-0.4, -0.2) is 29.2 Å². The summed E-state index contributed by atoms with van der Waals surface area (Å²) in [4.78, 5) is 17.2. The van der Waals surface area contributed by atoms with Crippen molar-refractivity contribution in [3.05, 3.63) is 65.7 Å². The largest absolute Gasteiger partial charge is 0.507 e. The zero-order chi connectivity index (χ0) is 20.7. The summed E-state index contributed by atoms with van der Waals surface area (Å²) >= 11 is 0. The molecule has 0 fully saturated rings. The van der Waals surface area contributed by atoms with Gasteiger partial charge in [0.1, 0.15) is 24.5 Å². The fraction of sp³-hybridized carbons (Fsp3) is 0.130. The molecule has 0 aliphatic carbocycles. The highest BCUT2D eigenvalue weighted by Gasteiger charge is 2.17. The number of nitrogens with zero attached hydrogens (tertiary/aromatic N) is 1. The Kier molecular flexibility index (Phi) is 4.28. The summed E-state index contributed by atoms with van der Waals surface area (Å²) in [5, 5.41) is 13.1. The fourth-order valence-electron chi connectivity index (χ4n) is 3.33. The third-order valence-electron chi connectivity index (χ3n) is 4.83. The van der Waals surface area contributed by atoms with E-state index in [1.165, 1.54) is 6.07 Å². The van der Waals surface area contributed by atoms with Gasteiger partial charge in [0.2, 0.25) is 5.89 Å². The maximum atomic E-state index is 12.7. The maximum Gasteiger partial charge on any atom is 0.255 e. The van der Waals surface area contributed by atoms with Crippen LogP contribution in [0.3, 0.4) is 0 Å². The number of hydrogen-bond donors (Lipinski definition) is 2. The molecule has 7 heteroatoms. The second kappa shape index (κ2) is 7.11. The molecule has 0 spiro atoms. The second-order valence-electron chi connectivity index (χ2n) is 7.03. The van der Waals surface area contributed by atoms with Gasteiger partial charge < -0.3 is 24.3 Å². The molecule has 3 aromatic carbocycles. The van der Waals surface area contributed by atoms with Crippen molar-refractivity contribution in [2.24, 2.45) is 0 Å². The first-order chi connectivity index (χ1) is 14.6. The number of amides is 1. The minimum atomic E-state index is -0.309. The minimum absolute atomic E-state index is 0.00982. The van der Waals surface area contributed by atoms with Gasteiger partial charge in [0.15, 0.2) is 17.1 Å². The predicted molar refractivity (Wildman–Crippen MR) is 111 cm³/mol. The number of hydrogen-bond acceptors (Lipinski definition) is 6. The number of ether oxygens (including phenoxy) is 2. The lowest BCUT2D eigenvalue weighted by Crippen LogP contribution is -2.17. The molecule has 5 rings (SSSR count). The van der Waals surface area contributed by atoms with E-state index in [0.717, 1.165) is 5.56 Å². The highest BCUT2D eigenvalue weighted by molar-refractivity contribution is 6.05. The van der Waals surface area contributed by atoms with Gasteiger partial charge >= 0.3 is 0 Å². The highest BCUT2D eigenvalue weighted by atomic mass is 16.6. The van der Waals surface area contributed by atoms with E-state index in [1.54, 1.807) is 30.3 Å². The standard InChI is InChI=1S/C23H18N2O5/c1-13-2-6-19-17(10-13)25-23(30-19)16-12-15(4-5-18(16)26)24-22(27)14-3-7-20-21(11-14)29-9-8-28-20/h2-7,10-12,26H,8-9H2,1H3,(H,24,27). The Balaban J connectivity index is 1.43. The molecule has 0 saturated carbocycles. The van der Waals surface area contributed by atoms with Crippen LogP contribution in [0.4, 0.5) is 5.69 Å². The third kappa shape index (κ3) is 3.30. The molecule has 4 aromatic rings. The van der Waals surface area contributed by atoms with Crippen molar-refractivity contribution in [3.63, 3.8) is 0 Å². The molecule has 0 radical (unpaired) electrons. The van der Waals surface area contributed by atoms with Gasteiger partial charge in [0.05, 0.1) is 5.56 Å². The third-order valence-corrected chi connectivity index (χ3v) is 4.83. The Bertz CT molecular complexity index is 1280. The number of fused-ring (bicyclic) bond motifs is 2. The van der Waals surface area contributed by atoms with Crippen LogP contribution in [0, 0.1) is 6.92 Å². The zero-order valence-corrected chi connectivity index (χ0v) is 16.1. The number of phenolic OH excluding ortho intramolecular Hbond substituents is 1. The number of carbonyl (C=O) groups excluding carboxylic acids is 1. The van der Waals surface area contributed by atoms with Crippen LogP contribution >= 0.6 is 0 Å². The molecule has 0 bridgehead atoms. The monoisotopic (exact) mass is 402 g/mol. The van der Waals surface area contributed by atoms with Gasteiger partial charge in [-0.25, -0.2) is 4.98 Å². The van der Waals surface area contributed by atoms with Crippen LogP contribution in [0.5, 0.6) is 17.2 Å². The summed E-state index contributed by atoms with van der Waals surface area (Å²) in [7, 11) is 0. The van der Waals surface area contributed by atoms with Crippen LogP contribution in [-0.2, 0) is 0 Å². The maximum absolute atomic E-state index is 12.7. The van der Waals surface area contributed by atoms with Crippen LogP contribution in [0.15, 0.2) is 59.0 Å². The summed E-state index contributed by atoms with van der Waals surface area (Å²) in [6.07, 6.45) is 0. The Morgan fingerprint density at radius 3 is 2.70 bits per heavy atom. The number of aryl methyl sites for hydroxylation is 1. The number of benzene rings is 3. The van der Waals surface area contributed by atoms with Crippen molar-refractivity contribution >= 4 is 22.7 Å². The molecule has 7 nitrogen and oxygen atoms in total. The summed E-state index contributed by atoms with van der Waals surface area (Å²) in [6.45, 7) is 2.91. The van der Waals surface area contributed by atoms with Crippen molar-refractivity contribution in [1.29, 1.82) is 0 Å². The highest BCUT2D eigenvalue weighted by Crippen LogP contribution is 2.34. The van der Waals surface area contributed by atoms with E-state index in [9.17, 15) is 9.90 Å². The molecule has 0 unspecified atom stereocenters. The van der Waals surface area contributed by atoms with Gasteiger partial charge in [0, 0.05) is 11.3 Å². The smallest absolute Gasteiger partial charge is 0.255 e. The lowest BCUT2D eigenvalue weighted by Gasteiger charge is -2.18. The molecule has 0 saturated heterocycles. The summed E-state index contributed by atoms with van der Waals surface area (Å²) < 4.78 is 16.8. The average Bonchev–Trinajstić information content (AvgIpc) is 3.17. The van der Waals surface area contributed by atoms with Crippen LogP contribution in [0.1, 0.15) is 15.9 Å². The Hall–Kier alpha value is -4.00. The second-order valence-corrected chi connectivity index (χ2v) is 7.03. The van der Waals surface area contributed by atoms with Crippen molar-refractivity contribution < 1.29 is 23.8 Å². The SMILES string of the molecule is Cc1ccc2oc(-c3cc(NC(=O)c4ccc5c(c4)OCCO5)ccc3O)nc2c1. The number of carbonyl (C=O) groups is 1. The molecular weight excluding hydrogens is 384 g/mol. The normalized spacial score (nSPS) is 12.7. The molecule has 1 aromatic heterocycles. The Morgan fingerprint density at radius 2 is 1.83 bits per heavy atom. The van der Waals surface area contributed by atoms with Gasteiger partial charge in [-0.15, -0.1) is 0 Å². The fourth-order valence-corrected chi connectivity index (χ4v) is 3.33. The molecule has 1 aliphatic heterocycles. The summed E-state index contributed by atoms with van der Waals surface area (Å²) in [6, 6.07) is 15.5. The molecule has 1 aliphatic rings. The Labute approximate surface area is 171 Å². The Morgan fingerprint density at radius 1 is 1.00 bits per heavy atom. The number of phenols is 1. The molecule has 2 N–H and O–H groups in total. The first kappa shape index (κ1) is 18.1. The molecule has 150 valence electrons.